The zero-order chi connectivity index (χ0) is 41.2. The summed E-state index contributed by atoms with van der Waals surface area (Å²) in [6.45, 7) is 4.73. The quantitative estimate of drug-likeness (QED) is 0.162. The summed E-state index contributed by atoms with van der Waals surface area (Å²) < 4.78 is 0. The van der Waals surface area contributed by atoms with E-state index < -0.39 is 0 Å². The molecular formula is C61H51N. The standard InChI is InChI=1S/C61H51N/c1-60(2)54-18-8-7-15-53(54)58-56(60)20-11-21-57(58)62(48-30-26-43(27-31-48)41-12-4-3-5-13-41)49-32-28-44(29-33-49)42-22-24-45(25-23-42)50-16-10-17-52-51-14-6-9-19-55(51)61(59(50)52)46-35-39-34-40(37-46)38-47(61)36-39/h3-33,39-40,46-47H,34-38H2,1-2H3. The maximum Gasteiger partial charge on any atom is 0.0543 e. The van der Waals surface area contributed by atoms with Crippen LogP contribution < -0.4 is 4.90 Å². The first kappa shape index (κ1) is 36.2. The normalized spacial score (nSPS) is 22.9. The SMILES string of the molecule is CC1(C)c2ccccc2-c2c(N(c3ccc(-c4ccccc4)cc3)c3ccc(-c4ccc(-c5cccc6c5C5(c7ccccc7-6)C6CC7CC(C6)CC5C7)cc4)cc3)cccc21. The third-order valence-electron chi connectivity index (χ3n) is 16.3. The number of rotatable bonds is 6. The van der Waals surface area contributed by atoms with Gasteiger partial charge in [0.05, 0.1) is 5.69 Å². The molecule has 0 unspecified atom stereocenters. The van der Waals surface area contributed by atoms with E-state index in [1.165, 1.54) is 105 Å². The maximum atomic E-state index is 2.50. The van der Waals surface area contributed by atoms with Crippen LogP contribution in [0.1, 0.15) is 68.2 Å². The number of nitrogens with zero attached hydrogens (tertiary/aromatic N) is 1. The van der Waals surface area contributed by atoms with Crippen molar-refractivity contribution in [3.63, 3.8) is 0 Å². The molecule has 0 aromatic heterocycles. The highest BCUT2D eigenvalue weighted by Gasteiger charge is 2.62. The second kappa shape index (κ2) is 13.5. The molecule has 0 atom stereocenters. The Morgan fingerprint density at radius 2 is 0.839 bits per heavy atom. The Bertz CT molecular complexity index is 3000. The maximum absolute atomic E-state index is 2.50. The Morgan fingerprint density at radius 1 is 0.371 bits per heavy atom. The Morgan fingerprint density at radius 3 is 1.48 bits per heavy atom. The molecule has 14 rings (SSSR count). The molecule has 0 radical (unpaired) electrons. The van der Waals surface area contributed by atoms with Crippen molar-refractivity contribution in [2.24, 2.45) is 23.7 Å². The van der Waals surface area contributed by atoms with Crippen molar-refractivity contribution >= 4 is 17.1 Å². The van der Waals surface area contributed by atoms with Crippen molar-refractivity contribution in [1.82, 2.24) is 0 Å². The highest BCUT2D eigenvalue weighted by molar-refractivity contribution is 5.95. The predicted octanol–water partition coefficient (Wildman–Crippen LogP) is 16.2. The van der Waals surface area contributed by atoms with Crippen molar-refractivity contribution in [2.45, 2.75) is 56.8 Å². The molecule has 4 bridgehead atoms. The minimum Gasteiger partial charge on any atom is -0.310 e. The van der Waals surface area contributed by atoms with Gasteiger partial charge in [-0.3, -0.25) is 0 Å². The molecule has 0 saturated heterocycles. The average molecular weight is 798 g/mol. The van der Waals surface area contributed by atoms with Crippen LogP contribution in [-0.2, 0) is 10.8 Å². The van der Waals surface area contributed by atoms with Crippen molar-refractivity contribution < 1.29 is 0 Å². The Kier molecular flexibility index (Phi) is 7.91. The molecule has 0 aliphatic heterocycles. The zero-order valence-corrected chi connectivity index (χ0v) is 35.7. The first-order valence-corrected chi connectivity index (χ1v) is 23.1. The first-order valence-electron chi connectivity index (χ1n) is 23.1. The summed E-state index contributed by atoms with van der Waals surface area (Å²) in [6, 6.07) is 71.1. The van der Waals surface area contributed by atoms with Gasteiger partial charge in [-0.05, 0) is 158 Å². The van der Waals surface area contributed by atoms with Gasteiger partial charge >= 0.3 is 0 Å². The lowest BCUT2D eigenvalue weighted by atomic mass is 9.42. The predicted molar refractivity (Wildman–Crippen MR) is 258 cm³/mol. The molecule has 0 heterocycles. The lowest BCUT2D eigenvalue weighted by Gasteiger charge is -2.61. The topological polar surface area (TPSA) is 3.24 Å². The second-order valence-electron chi connectivity index (χ2n) is 19.7. The third-order valence-corrected chi connectivity index (χ3v) is 16.3. The van der Waals surface area contributed by atoms with Crippen LogP contribution in [-0.4, -0.2) is 0 Å². The van der Waals surface area contributed by atoms with Crippen LogP contribution in [0, 0.1) is 23.7 Å². The smallest absolute Gasteiger partial charge is 0.0543 e. The fourth-order valence-electron chi connectivity index (χ4n) is 13.9. The van der Waals surface area contributed by atoms with Crippen LogP contribution in [0.15, 0.2) is 188 Å². The van der Waals surface area contributed by atoms with Crippen LogP contribution >= 0.6 is 0 Å². The monoisotopic (exact) mass is 797 g/mol. The minimum absolute atomic E-state index is 0.0825. The molecule has 1 spiro atoms. The largest absolute Gasteiger partial charge is 0.310 e. The molecule has 0 N–H and O–H groups in total. The number of benzene rings is 8. The summed E-state index contributed by atoms with van der Waals surface area (Å²) in [5, 5.41) is 0. The Balaban J connectivity index is 0.880. The van der Waals surface area contributed by atoms with Gasteiger partial charge in [0, 0.05) is 27.8 Å². The van der Waals surface area contributed by atoms with Crippen LogP contribution in [0.4, 0.5) is 17.1 Å². The number of anilines is 3. The van der Waals surface area contributed by atoms with Gasteiger partial charge in [0.25, 0.3) is 0 Å². The second-order valence-corrected chi connectivity index (χ2v) is 19.7. The summed E-state index contributed by atoms with van der Waals surface area (Å²) in [4.78, 5) is 2.46. The van der Waals surface area contributed by atoms with Crippen molar-refractivity contribution in [3.8, 4) is 55.6 Å². The van der Waals surface area contributed by atoms with E-state index in [2.05, 4.69) is 207 Å². The molecule has 8 aromatic carbocycles. The van der Waals surface area contributed by atoms with Crippen LogP contribution in [0.2, 0.25) is 0 Å². The van der Waals surface area contributed by atoms with E-state index in [4.69, 9.17) is 0 Å². The van der Waals surface area contributed by atoms with E-state index in [0.29, 0.717) is 0 Å². The first-order chi connectivity index (χ1) is 30.5. The molecule has 0 amide bonds. The average Bonchev–Trinajstić information content (AvgIpc) is 3.75. The number of hydrogen-bond acceptors (Lipinski definition) is 1. The fraction of sp³-hybridized carbons (Fsp3) is 0.213. The molecule has 4 fully saturated rings. The summed E-state index contributed by atoms with van der Waals surface area (Å²) >= 11 is 0. The van der Waals surface area contributed by atoms with Crippen molar-refractivity contribution in [2.75, 3.05) is 4.90 Å². The number of hydrogen-bond donors (Lipinski definition) is 0. The minimum atomic E-state index is -0.0825. The van der Waals surface area contributed by atoms with E-state index >= 15 is 0 Å². The van der Waals surface area contributed by atoms with Crippen LogP contribution in [0.3, 0.4) is 0 Å². The van der Waals surface area contributed by atoms with E-state index in [1.54, 1.807) is 11.1 Å². The lowest BCUT2D eigenvalue weighted by Crippen LogP contribution is -2.55. The van der Waals surface area contributed by atoms with E-state index in [-0.39, 0.29) is 10.8 Å². The molecule has 6 aliphatic carbocycles. The lowest BCUT2D eigenvalue weighted by molar-refractivity contribution is -0.0397. The van der Waals surface area contributed by atoms with Gasteiger partial charge in [-0.1, -0.05) is 172 Å². The summed E-state index contributed by atoms with van der Waals surface area (Å²) in [5.74, 6) is 3.36. The Labute approximate surface area is 366 Å². The van der Waals surface area contributed by atoms with Gasteiger partial charge < -0.3 is 4.90 Å². The van der Waals surface area contributed by atoms with Gasteiger partial charge in [0.15, 0.2) is 0 Å². The fourth-order valence-corrected chi connectivity index (χ4v) is 13.9. The molecule has 4 saturated carbocycles. The number of fused-ring (bicyclic) bond motifs is 6. The highest BCUT2D eigenvalue weighted by atomic mass is 15.1. The van der Waals surface area contributed by atoms with Crippen molar-refractivity contribution in [1.29, 1.82) is 0 Å². The van der Waals surface area contributed by atoms with Gasteiger partial charge in [0.2, 0.25) is 0 Å². The molecule has 62 heavy (non-hydrogen) atoms. The molecule has 1 nitrogen and oxygen atoms in total. The molecule has 1 heteroatoms. The molecule has 300 valence electrons. The van der Waals surface area contributed by atoms with Gasteiger partial charge in [-0.25, -0.2) is 0 Å². The molecule has 8 aromatic rings. The van der Waals surface area contributed by atoms with E-state index in [9.17, 15) is 0 Å². The van der Waals surface area contributed by atoms with Gasteiger partial charge in [-0.2, -0.15) is 0 Å². The summed E-state index contributed by atoms with van der Waals surface area (Å²) in [7, 11) is 0. The zero-order valence-electron chi connectivity index (χ0n) is 35.7. The van der Waals surface area contributed by atoms with E-state index in [0.717, 1.165) is 35.0 Å². The summed E-state index contributed by atoms with van der Waals surface area (Å²) in [5.41, 5.74) is 22.9. The molecule has 6 aliphatic rings. The third kappa shape index (κ3) is 5.15. The van der Waals surface area contributed by atoms with Gasteiger partial charge in [0.1, 0.15) is 0 Å². The van der Waals surface area contributed by atoms with E-state index in [1.807, 2.05) is 0 Å². The van der Waals surface area contributed by atoms with Crippen molar-refractivity contribution in [3.05, 3.63) is 210 Å². The summed E-state index contributed by atoms with van der Waals surface area (Å²) in [6.07, 6.45) is 7.08. The highest BCUT2D eigenvalue weighted by Crippen LogP contribution is 2.70. The molecular weight excluding hydrogens is 747 g/mol. The Hall–Kier alpha value is -6.44. The van der Waals surface area contributed by atoms with Crippen LogP contribution in [0.25, 0.3) is 55.6 Å². The van der Waals surface area contributed by atoms with Crippen LogP contribution in [0.5, 0.6) is 0 Å². The van der Waals surface area contributed by atoms with Gasteiger partial charge in [-0.15, -0.1) is 0 Å².